The Kier molecular flexibility index (Phi) is 5.14. The van der Waals surface area contributed by atoms with Gasteiger partial charge < -0.3 is 4.74 Å². The van der Waals surface area contributed by atoms with Crippen molar-refractivity contribution in [1.29, 1.82) is 0 Å². The van der Waals surface area contributed by atoms with Gasteiger partial charge in [0.2, 0.25) is 0 Å². The number of allylic oxidation sites excluding steroid dienone is 1. The Morgan fingerprint density at radius 2 is 1.82 bits per heavy atom. The maximum absolute atomic E-state index is 12.1. The average molecular weight is 232 g/mol. The first-order chi connectivity index (χ1) is 8.20. The number of carbonyl (C=O) groups is 2. The Morgan fingerprint density at radius 1 is 1.18 bits per heavy atom. The zero-order valence-corrected chi connectivity index (χ0v) is 10.1. The van der Waals surface area contributed by atoms with Gasteiger partial charge in [-0.1, -0.05) is 43.3 Å². The molecule has 0 radical (unpaired) electrons. The van der Waals surface area contributed by atoms with Crippen molar-refractivity contribution in [3.63, 3.8) is 0 Å². The highest BCUT2D eigenvalue weighted by atomic mass is 16.5. The molecule has 0 unspecified atom stereocenters. The third-order valence-electron chi connectivity index (χ3n) is 2.18. The van der Waals surface area contributed by atoms with E-state index in [0.717, 1.165) is 0 Å². The summed E-state index contributed by atoms with van der Waals surface area (Å²) in [5, 5.41) is 0. The van der Waals surface area contributed by atoms with Gasteiger partial charge in [-0.3, -0.25) is 4.79 Å². The quantitative estimate of drug-likeness (QED) is 0.258. The van der Waals surface area contributed by atoms with Crippen LogP contribution in [-0.2, 0) is 9.53 Å². The minimum Gasteiger partial charge on any atom is -0.462 e. The molecule has 0 aliphatic carbocycles. The lowest BCUT2D eigenvalue weighted by Gasteiger charge is -2.05. The van der Waals surface area contributed by atoms with Crippen molar-refractivity contribution in [1.82, 2.24) is 0 Å². The minimum atomic E-state index is -0.553. The second-order valence-electron chi connectivity index (χ2n) is 3.44. The van der Waals surface area contributed by atoms with Crippen LogP contribution in [0.2, 0.25) is 0 Å². The number of esters is 1. The highest BCUT2D eigenvalue weighted by molar-refractivity contribution is 6.24. The van der Waals surface area contributed by atoms with Gasteiger partial charge >= 0.3 is 5.97 Å². The number of hydrogen-bond donors (Lipinski definition) is 0. The zero-order chi connectivity index (χ0) is 12.7. The number of rotatable bonds is 5. The van der Waals surface area contributed by atoms with Crippen LogP contribution in [0.1, 0.15) is 30.6 Å². The third-order valence-corrected chi connectivity index (χ3v) is 2.18. The van der Waals surface area contributed by atoms with E-state index in [0.29, 0.717) is 12.0 Å². The molecule has 3 nitrogen and oxygen atoms in total. The molecule has 0 aliphatic rings. The average Bonchev–Trinajstić information content (AvgIpc) is 2.36. The van der Waals surface area contributed by atoms with Gasteiger partial charge in [0.25, 0.3) is 0 Å². The molecule has 3 heteroatoms. The number of hydrogen-bond acceptors (Lipinski definition) is 3. The van der Waals surface area contributed by atoms with Crippen LogP contribution in [0.25, 0.3) is 0 Å². The van der Waals surface area contributed by atoms with Gasteiger partial charge in [-0.2, -0.15) is 0 Å². The monoisotopic (exact) mass is 232 g/mol. The lowest BCUT2D eigenvalue weighted by atomic mass is 10.0. The molecule has 0 aromatic heterocycles. The summed E-state index contributed by atoms with van der Waals surface area (Å²) in [5.41, 5.74) is 0.612. The molecule has 0 amide bonds. The van der Waals surface area contributed by atoms with Crippen LogP contribution in [0.5, 0.6) is 0 Å². The fourth-order valence-corrected chi connectivity index (χ4v) is 1.43. The van der Waals surface area contributed by atoms with E-state index in [-0.39, 0.29) is 18.0 Å². The Morgan fingerprint density at radius 3 is 2.35 bits per heavy atom. The van der Waals surface area contributed by atoms with Crippen LogP contribution < -0.4 is 0 Å². The van der Waals surface area contributed by atoms with Crippen LogP contribution in [0, 0.1) is 0 Å². The molecule has 0 spiro atoms. The van der Waals surface area contributed by atoms with Crippen LogP contribution in [0.15, 0.2) is 42.0 Å². The van der Waals surface area contributed by atoms with Crippen molar-refractivity contribution in [3.05, 3.63) is 47.5 Å². The van der Waals surface area contributed by atoms with E-state index < -0.39 is 5.97 Å². The lowest BCUT2D eigenvalue weighted by molar-refractivity contribution is -0.138. The molecule has 0 saturated heterocycles. The van der Waals surface area contributed by atoms with Gasteiger partial charge in [-0.05, 0) is 13.3 Å². The summed E-state index contributed by atoms with van der Waals surface area (Å²) in [6, 6.07) is 8.73. The summed E-state index contributed by atoms with van der Waals surface area (Å²) in [6.45, 7) is 3.86. The first-order valence-electron chi connectivity index (χ1n) is 5.67. The molecule has 17 heavy (non-hydrogen) atoms. The van der Waals surface area contributed by atoms with Crippen LogP contribution in [0.3, 0.4) is 0 Å². The first kappa shape index (κ1) is 13.2. The number of Topliss-reactive ketones (excluding diaryl/α,β-unsaturated/α-hetero) is 1. The Hall–Kier alpha value is -1.90. The molecule has 0 saturated carbocycles. The van der Waals surface area contributed by atoms with Crippen LogP contribution >= 0.6 is 0 Å². The standard InChI is InChI=1S/C14H16O3/c1-3-8-12(14(16)17-4-2)13(15)11-9-6-5-7-10-11/h5-10H,3-4H2,1-2H3. The van der Waals surface area contributed by atoms with Gasteiger partial charge in [0.15, 0.2) is 5.78 Å². The van der Waals surface area contributed by atoms with Gasteiger partial charge in [-0.15, -0.1) is 0 Å². The SMILES string of the molecule is CCC=C(C(=O)OCC)C(=O)c1ccccc1. The molecule has 0 heterocycles. The van der Waals surface area contributed by atoms with Crippen LogP contribution in [0.4, 0.5) is 0 Å². The zero-order valence-electron chi connectivity index (χ0n) is 10.1. The van der Waals surface area contributed by atoms with Crippen molar-refractivity contribution in [2.45, 2.75) is 20.3 Å². The topological polar surface area (TPSA) is 43.4 Å². The first-order valence-corrected chi connectivity index (χ1v) is 5.67. The summed E-state index contributed by atoms with van der Waals surface area (Å²) >= 11 is 0. The fraction of sp³-hybridized carbons (Fsp3) is 0.286. The predicted molar refractivity (Wildman–Crippen MR) is 65.8 cm³/mol. The largest absolute Gasteiger partial charge is 0.462 e. The second kappa shape index (κ2) is 6.63. The van der Waals surface area contributed by atoms with Crippen molar-refractivity contribution < 1.29 is 14.3 Å². The number of ether oxygens (including phenoxy) is 1. The van der Waals surface area contributed by atoms with Gasteiger partial charge in [0.05, 0.1) is 6.61 Å². The van der Waals surface area contributed by atoms with Crippen LogP contribution in [-0.4, -0.2) is 18.4 Å². The lowest BCUT2D eigenvalue weighted by Crippen LogP contribution is -2.16. The highest BCUT2D eigenvalue weighted by Crippen LogP contribution is 2.11. The fourth-order valence-electron chi connectivity index (χ4n) is 1.43. The van der Waals surface area contributed by atoms with E-state index >= 15 is 0 Å². The molecule has 0 N–H and O–H groups in total. The summed E-state index contributed by atoms with van der Waals surface area (Å²) in [6.07, 6.45) is 2.22. The number of carbonyl (C=O) groups excluding carboxylic acids is 2. The summed E-state index contributed by atoms with van der Waals surface area (Å²) in [5.74, 6) is -0.839. The molecule has 0 fully saturated rings. The normalized spacial score (nSPS) is 11.1. The number of benzene rings is 1. The Balaban J connectivity index is 2.97. The smallest absolute Gasteiger partial charge is 0.341 e. The second-order valence-corrected chi connectivity index (χ2v) is 3.44. The third kappa shape index (κ3) is 3.55. The maximum atomic E-state index is 12.1. The van der Waals surface area contributed by atoms with Gasteiger partial charge in [0.1, 0.15) is 5.57 Å². The highest BCUT2D eigenvalue weighted by Gasteiger charge is 2.19. The summed E-state index contributed by atoms with van der Waals surface area (Å²) in [7, 11) is 0. The molecule has 1 aromatic rings. The summed E-state index contributed by atoms with van der Waals surface area (Å²) < 4.78 is 4.87. The van der Waals surface area contributed by atoms with Crippen molar-refractivity contribution in [2.24, 2.45) is 0 Å². The molecule has 1 aromatic carbocycles. The van der Waals surface area contributed by atoms with Crippen molar-refractivity contribution in [3.8, 4) is 0 Å². The predicted octanol–water partition coefficient (Wildman–Crippen LogP) is 2.77. The maximum Gasteiger partial charge on any atom is 0.341 e. The van der Waals surface area contributed by atoms with E-state index in [1.165, 1.54) is 0 Å². The number of ketones is 1. The molecule has 0 aliphatic heterocycles. The molecule has 0 atom stereocenters. The van der Waals surface area contributed by atoms with Crippen molar-refractivity contribution >= 4 is 11.8 Å². The molecule has 90 valence electrons. The van der Waals surface area contributed by atoms with E-state index in [4.69, 9.17) is 4.74 Å². The van der Waals surface area contributed by atoms with Gasteiger partial charge in [0, 0.05) is 5.56 Å². The van der Waals surface area contributed by atoms with E-state index in [9.17, 15) is 9.59 Å². The van der Waals surface area contributed by atoms with E-state index in [2.05, 4.69) is 0 Å². The summed E-state index contributed by atoms with van der Waals surface area (Å²) in [4.78, 5) is 23.7. The molecular weight excluding hydrogens is 216 g/mol. The van der Waals surface area contributed by atoms with Crippen molar-refractivity contribution in [2.75, 3.05) is 6.61 Å². The van der Waals surface area contributed by atoms with Gasteiger partial charge in [-0.25, -0.2) is 4.79 Å². The molecule has 0 bridgehead atoms. The van der Waals surface area contributed by atoms with E-state index in [1.807, 2.05) is 13.0 Å². The minimum absolute atomic E-state index is 0.112. The molecule has 1 rings (SSSR count). The molecular formula is C14H16O3. The Labute approximate surface area is 101 Å². The Bertz CT molecular complexity index is 418. The van der Waals surface area contributed by atoms with E-state index in [1.54, 1.807) is 37.3 Å².